The van der Waals surface area contributed by atoms with Crippen LogP contribution in [0.3, 0.4) is 0 Å². The van der Waals surface area contributed by atoms with E-state index in [2.05, 4.69) is 0 Å². The van der Waals surface area contributed by atoms with Gasteiger partial charge in [-0.2, -0.15) is 0 Å². The molecule has 1 aromatic carbocycles. The Morgan fingerprint density at radius 2 is 2.13 bits per heavy atom. The van der Waals surface area contributed by atoms with Crippen molar-refractivity contribution in [2.45, 2.75) is 12.6 Å². The van der Waals surface area contributed by atoms with Crippen LogP contribution in [0.2, 0.25) is 0 Å². The molecule has 1 atom stereocenters. The van der Waals surface area contributed by atoms with E-state index in [0.29, 0.717) is 0 Å². The molecule has 0 aliphatic carbocycles. The van der Waals surface area contributed by atoms with Crippen LogP contribution in [0, 0.1) is 0 Å². The van der Waals surface area contributed by atoms with Crippen LogP contribution in [0.5, 0.6) is 0 Å². The van der Waals surface area contributed by atoms with Crippen molar-refractivity contribution in [3.63, 3.8) is 0 Å². The van der Waals surface area contributed by atoms with Gasteiger partial charge in [-0.05, 0) is 17.5 Å². The molecule has 4 nitrogen and oxygen atoms in total. The molecular formula is C11H12N2O2. The molecule has 0 aliphatic heterocycles. The van der Waals surface area contributed by atoms with Crippen molar-refractivity contribution >= 4 is 16.9 Å². The van der Waals surface area contributed by atoms with Gasteiger partial charge >= 0.3 is 5.97 Å². The Morgan fingerprint density at radius 3 is 2.87 bits per heavy atom. The van der Waals surface area contributed by atoms with E-state index in [1.54, 1.807) is 4.57 Å². The maximum Gasteiger partial charge on any atom is 0.306 e. The maximum absolute atomic E-state index is 10.5. The number of para-hydroxylation sites is 1. The zero-order valence-corrected chi connectivity index (χ0v) is 8.13. The number of hydrogen-bond acceptors (Lipinski definition) is 2. The van der Waals surface area contributed by atoms with Gasteiger partial charge in [-0.15, -0.1) is 0 Å². The molecule has 3 N–H and O–H groups in total. The first-order valence-electron chi connectivity index (χ1n) is 4.71. The van der Waals surface area contributed by atoms with Crippen LogP contribution in [0.25, 0.3) is 10.9 Å². The molecule has 1 heterocycles. The average Bonchev–Trinajstić information content (AvgIpc) is 2.59. The quantitative estimate of drug-likeness (QED) is 0.797. The maximum atomic E-state index is 10.5. The van der Waals surface area contributed by atoms with Gasteiger partial charge in [-0.3, -0.25) is 4.79 Å². The molecule has 2 aromatic rings. The smallest absolute Gasteiger partial charge is 0.306 e. The molecule has 0 bridgehead atoms. The lowest BCUT2D eigenvalue weighted by Gasteiger charge is -2.12. The third-order valence-corrected chi connectivity index (χ3v) is 2.37. The van der Waals surface area contributed by atoms with Gasteiger partial charge in [0.05, 0.1) is 12.6 Å². The third kappa shape index (κ3) is 1.85. The summed E-state index contributed by atoms with van der Waals surface area (Å²) in [5.41, 5.74) is 6.75. The molecule has 2 rings (SSSR count). The van der Waals surface area contributed by atoms with Gasteiger partial charge < -0.3 is 15.4 Å². The van der Waals surface area contributed by atoms with E-state index in [-0.39, 0.29) is 6.42 Å². The molecule has 1 aromatic heterocycles. The van der Waals surface area contributed by atoms with Crippen LogP contribution < -0.4 is 5.73 Å². The number of carboxylic acids is 1. The summed E-state index contributed by atoms with van der Waals surface area (Å²) in [6.45, 7) is 0. The van der Waals surface area contributed by atoms with Crippen molar-refractivity contribution in [3.8, 4) is 0 Å². The highest BCUT2D eigenvalue weighted by Gasteiger charge is 2.11. The van der Waals surface area contributed by atoms with Gasteiger partial charge in [0.25, 0.3) is 0 Å². The standard InChI is InChI=1S/C11H12N2O2/c12-10(7-11(14)15)13-6-5-8-3-1-2-4-9(8)13/h1-6,10H,7,12H2,(H,14,15)/t10-/m1/s1. The molecule has 15 heavy (non-hydrogen) atoms. The Balaban J connectivity index is 2.39. The van der Waals surface area contributed by atoms with Gasteiger partial charge in [0, 0.05) is 11.7 Å². The predicted molar refractivity (Wildman–Crippen MR) is 57.4 cm³/mol. The van der Waals surface area contributed by atoms with Crippen LogP contribution in [0.4, 0.5) is 0 Å². The van der Waals surface area contributed by atoms with Crippen molar-refractivity contribution < 1.29 is 9.90 Å². The summed E-state index contributed by atoms with van der Waals surface area (Å²) < 4.78 is 1.78. The van der Waals surface area contributed by atoms with Crippen molar-refractivity contribution in [3.05, 3.63) is 36.5 Å². The summed E-state index contributed by atoms with van der Waals surface area (Å²) in [4.78, 5) is 10.5. The normalized spacial score (nSPS) is 12.9. The van der Waals surface area contributed by atoms with Gasteiger partial charge in [0.1, 0.15) is 0 Å². The number of carboxylic acid groups (broad SMARTS) is 1. The van der Waals surface area contributed by atoms with Gasteiger partial charge in [-0.25, -0.2) is 0 Å². The highest BCUT2D eigenvalue weighted by Crippen LogP contribution is 2.18. The molecule has 0 unspecified atom stereocenters. The fourth-order valence-electron chi connectivity index (χ4n) is 1.67. The van der Waals surface area contributed by atoms with Crippen LogP contribution in [-0.4, -0.2) is 15.6 Å². The van der Waals surface area contributed by atoms with E-state index in [1.807, 2.05) is 36.5 Å². The summed E-state index contributed by atoms with van der Waals surface area (Å²) in [5, 5.41) is 9.73. The first kappa shape index (κ1) is 9.73. The minimum absolute atomic E-state index is 0.0708. The zero-order valence-electron chi connectivity index (χ0n) is 8.13. The van der Waals surface area contributed by atoms with E-state index < -0.39 is 12.1 Å². The number of rotatable bonds is 3. The molecule has 0 fully saturated rings. The minimum Gasteiger partial charge on any atom is -0.481 e. The van der Waals surface area contributed by atoms with Gasteiger partial charge in [0.2, 0.25) is 0 Å². The van der Waals surface area contributed by atoms with Crippen LogP contribution in [0.15, 0.2) is 36.5 Å². The lowest BCUT2D eigenvalue weighted by Crippen LogP contribution is -2.21. The van der Waals surface area contributed by atoms with Crippen LogP contribution in [0.1, 0.15) is 12.6 Å². The summed E-state index contributed by atoms with van der Waals surface area (Å²) in [5.74, 6) is -0.889. The topological polar surface area (TPSA) is 68.2 Å². The van der Waals surface area contributed by atoms with Crippen molar-refractivity contribution in [2.24, 2.45) is 5.73 Å². The molecule has 0 saturated heterocycles. The second-order valence-corrected chi connectivity index (χ2v) is 3.45. The van der Waals surface area contributed by atoms with E-state index in [0.717, 1.165) is 10.9 Å². The monoisotopic (exact) mass is 204 g/mol. The molecule has 0 aliphatic rings. The van der Waals surface area contributed by atoms with Crippen molar-refractivity contribution in [1.29, 1.82) is 0 Å². The summed E-state index contributed by atoms with van der Waals surface area (Å²) in [7, 11) is 0. The summed E-state index contributed by atoms with van der Waals surface area (Å²) in [6.07, 6.45) is 1.24. The number of carbonyl (C=O) groups is 1. The van der Waals surface area contributed by atoms with Crippen LogP contribution in [-0.2, 0) is 4.79 Å². The second-order valence-electron chi connectivity index (χ2n) is 3.45. The van der Waals surface area contributed by atoms with Crippen molar-refractivity contribution in [1.82, 2.24) is 4.57 Å². The molecule has 78 valence electrons. The third-order valence-electron chi connectivity index (χ3n) is 2.37. The molecule has 0 spiro atoms. The van der Waals surface area contributed by atoms with Crippen LogP contribution >= 0.6 is 0 Å². The average molecular weight is 204 g/mol. The molecular weight excluding hydrogens is 192 g/mol. The SMILES string of the molecule is N[C@@H](CC(=O)O)n1ccc2ccccc21. The predicted octanol–water partition coefficient (Wildman–Crippen LogP) is 1.57. The number of nitrogens with two attached hydrogens (primary N) is 1. The minimum atomic E-state index is -0.889. The first-order valence-corrected chi connectivity index (χ1v) is 4.71. The first-order chi connectivity index (χ1) is 7.18. The number of aliphatic carboxylic acids is 1. The van der Waals surface area contributed by atoms with Crippen molar-refractivity contribution in [2.75, 3.05) is 0 Å². The number of hydrogen-bond donors (Lipinski definition) is 2. The zero-order chi connectivity index (χ0) is 10.8. The summed E-state index contributed by atoms with van der Waals surface area (Å²) in [6, 6.07) is 9.68. The Morgan fingerprint density at radius 1 is 1.40 bits per heavy atom. The molecule has 0 saturated carbocycles. The highest BCUT2D eigenvalue weighted by molar-refractivity contribution is 5.80. The fourth-order valence-corrected chi connectivity index (χ4v) is 1.67. The van der Waals surface area contributed by atoms with Gasteiger partial charge in [-0.1, -0.05) is 18.2 Å². The highest BCUT2D eigenvalue weighted by atomic mass is 16.4. The lowest BCUT2D eigenvalue weighted by molar-refractivity contribution is -0.137. The molecule has 4 heteroatoms. The van der Waals surface area contributed by atoms with Gasteiger partial charge in [0.15, 0.2) is 0 Å². The molecule has 0 amide bonds. The Bertz CT molecular complexity index is 490. The van der Waals surface area contributed by atoms with E-state index in [1.165, 1.54) is 0 Å². The lowest BCUT2D eigenvalue weighted by atomic mass is 10.2. The number of benzene rings is 1. The summed E-state index contributed by atoms with van der Waals surface area (Å²) >= 11 is 0. The largest absolute Gasteiger partial charge is 0.481 e. The van der Waals surface area contributed by atoms with E-state index >= 15 is 0 Å². The number of aromatic nitrogens is 1. The Hall–Kier alpha value is -1.81. The van der Waals surface area contributed by atoms with E-state index in [4.69, 9.17) is 10.8 Å². The second kappa shape index (κ2) is 3.74. The fraction of sp³-hybridized carbons (Fsp3) is 0.182. The van der Waals surface area contributed by atoms with E-state index in [9.17, 15) is 4.79 Å². The molecule has 0 radical (unpaired) electrons. The Kier molecular flexibility index (Phi) is 2.43. The number of fused-ring (bicyclic) bond motifs is 1. The number of nitrogens with zero attached hydrogens (tertiary/aromatic N) is 1. The Labute approximate surface area is 86.9 Å².